The van der Waals surface area contributed by atoms with Crippen molar-refractivity contribution in [3.05, 3.63) is 58.6 Å². The van der Waals surface area contributed by atoms with Crippen molar-refractivity contribution < 1.29 is 13.9 Å². The van der Waals surface area contributed by atoms with E-state index in [9.17, 15) is 9.59 Å². The second-order valence-corrected chi connectivity index (χ2v) is 9.08. The van der Waals surface area contributed by atoms with Crippen molar-refractivity contribution in [2.75, 3.05) is 24.5 Å². The van der Waals surface area contributed by atoms with Crippen molar-refractivity contribution in [3.63, 3.8) is 0 Å². The molecule has 2 aromatic carbocycles. The number of oxazole rings is 1. The third-order valence-electron chi connectivity index (χ3n) is 5.46. The van der Waals surface area contributed by atoms with Gasteiger partial charge in [0.05, 0.1) is 5.52 Å². The quantitative estimate of drug-likeness (QED) is 0.649. The molecule has 0 radical (unpaired) electrons. The predicted molar refractivity (Wildman–Crippen MR) is 121 cm³/mol. The Hall–Kier alpha value is -3.22. The lowest BCUT2D eigenvalue weighted by Gasteiger charge is -2.34. The predicted octanol–water partition coefficient (Wildman–Crippen LogP) is 3.94. The Labute approximate surface area is 181 Å². The number of rotatable bonds is 5. The van der Waals surface area contributed by atoms with Crippen LogP contribution < -0.4 is 20.7 Å². The normalized spacial score (nSPS) is 15.3. The highest BCUT2D eigenvalue weighted by Crippen LogP contribution is 2.28. The van der Waals surface area contributed by atoms with Crippen LogP contribution in [-0.4, -0.2) is 36.1 Å². The van der Waals surface area contributed by atoms with Crippen LogP contribution in [0.3, 0.4) is 0 Å². The number of aromatic amines is 1. The molecule has 2 heterocycles. The van der Waals surface area contributed by atoms with Gasteiger partial charge in [0, 0.05) is 37.0 Å². The highest BCUT2D eigenvalue weighted by molar-refractivity contribution is 5.96. The van der Waals surface area contributed by atoms with Crippen LogP contribution in [0.15, 0.2) is 51.7 Å². The Morgan fingerprint density at radius 3 is 2.71 bits per heavy atom. The summed E-state index contributed by atoms with van der Waals surface area (Å²) in [5, 5.41) is 3.02. The average molecular weight is 424 g/mol. The fraction of sp³-hybridized carbons (Fsp3) is 0.417. The molecule has 0 aliphatic carbocycles. The number of benzene rings is 2. The topological polar surface area (TPSA) is 87.6 Å². The van der Waals surface area contributed by atoms with Crippen molar-refractivity contribution >= 4 is 22.7 Å². The van der Waals surface area contributed by atoms with E-state index < -0.39 is 5.76 Å². The van der Waals surface area contributed by atoms with Gasteiger partial charge in [-0.05, 0) is 69.9 Å². The molecule has 1 aliphatic rings. The van der Waals surface area contributed by atoms with Gasteiger partial charge >= 0.3 is 5.76 Å². The van der Waals surface area contributed by atoms with Gasteiger partial charge < -0.3 is 19.4 Å². The highest BCUT2D eigenvalue weighted by Gasteiger charge is 2.21. The van der Waals surface area contributed by atoms with Crippen LogP contribution in [0.25, 0.3) is 11.1 Å². The van der Waals surface area contributed by atoms with Gasteiger partial charge in [0.2, 0.25) is 0 Å². The Bertz CT molecular complexity index is 1120. The molecule has 4 rings (SSSR count). The molecule has 164 valence electrons. The minimum absolute atomic E-state index is 0.153. The van der Waals surface area contributed by atoms with E-state index in [1.807, 2.05) is 32.9 Å². The average Bonchev–Trinajstić information content (AvgIpc) is 3.10. The number of H-pyrrole nitrogens is 1. The summed E-state index contributed by atoms with van der Waals surface area (Å²) >= 11 is 0. The van der Waals surface area contributed by atoms with Gasteiger partial charge in [0.25, 0.3) is 5.91 Å². The number of nitrogens with zero attached hydrogens (tertiary/aromatic N) is 1. The molecule has 1 aromatic heterocycles. The standard InChI is InChI=1S/C24H29N3O4/c1-24(2,3)31-19-6-4-5-18(14-19)27-11-9-16(10-12-27)15-25-22(28)17-7-8-20-21(13-17)30-23(29)26-20/h4-8,13-14,16H,9-12,15H2,1-3H3,(H,25,28)(H,26,29). The van der Waals surface area contributed by atoms with Gasteiger partial charge in [-0.15, -0.1) is 0 Å². The van der Waals surface area contributed by atoms with Gasteiger partial charge in [-0.25, -0.2) is 4.79 Å². The molecule has 0 atom stereocenters. The van der Waals surface area contributed by atoms with E-state index in [1.165, 1.54) is 5.69 Å². The molecule has 3 aromatic rings. The number of carbonyl (C=O) groups is 1. The van der Waals surface area contributed by atoms with E-state index in [-0.39, 0.29) is 11.5 Å². The largest absolute Gasteiger partial charge is 0.488 e. The zero-order valence-electron chi connectivity index (χ0n) is 18.2. The zero-order chi connectivity index (χ0) is 22.0. The summed E-state index contributed by atoms with van der Waals surface area (Å²) in [7, 11) is 0. The van der Waals surface area contributed by atoms with Gasteiger partial charge in [-0.3, -0.25) is 9.78 Å². The number of aromatic nitrogens is 1. The Kier molecular flexibility index (Phi) is 5.76. The Morgan fingerprint density at radius 1 is 1.19 bits per heavy atom. The third-order valence-corrected chi connectivity index (χ3v) is 5.46. The molecule has 0 saturated carbocycles. The number of carbonyl (C=O) groups excluding carboxylic acids is 1. The van der Waals surface area contributed by atoms with Gasteiger partial charge in [0.15, 0.2) is 5.58 Å². The lowest BCUT2D eigenvalue weighted by molar-refractivity contribution is 0.0944. The van der Waals surface area contributed by atoms with Crippen LogP contribution in [0.2, 0.25) is 0 Å². The van der Waals surface area contributed by atoms with Crippen LogP contribution in [0.4, 0.5) is 5.69 Å². The summed E-state index contributed by atoms with van der Waals surface area (Å²) in [5.74, 6) is 0.646. The Morgan fingerprint density at radius 2 is 1.97 bits per heavy atom. The number of hydrogen-bond acceptors (Lipinski definition) is 5. The first-order valence-corrected chi connectivity index (χ1v) is 10.7. The molecule has 1 aliphatic heterocycles. The van der Waals surface area contributed by atoms with Crippen molar-refractivity contribution in [2.24, 2.45) is 5.92 Å². The number of fused-ring (bicyclic) bond motifs is 1. The number of hydrogen-bond donors (Lipinski definition) is 2. The summed E-state index contributed by atoms with van der Waals surface area (Å²) in [6.07, 6.45) is 2.02. The SMILES string of the molecule is CC(C)(C)Oc1cccc(N2CCC(CNC(=O)c3ccc4[nH]c(=O)oc4c3)CC2)c1. The number of nitrogens with one attached hydrogen (secondary N) is 2. The molecule has 0 spiro atoms. The summed E-state index contributed by atoms with van der Waals surface area (Å²) in [6, 6.07) is 13.2. The summed E-state index contributed by atoms with van der Waals surface area (Å²) in [5.41, 5.74) is 2.42. The monoisotopic (exact) mass is 423 g/mol. The maximum absolute atomic E-state index is 12.5. The maximum Gasteiger partial charge on any atom is 0.417 e. The van der Waals surface area contributed by atoms with Crippen molar-refractivity contribution in [1.82, 2.24) is 10.3 Å². The van der Waals surface area contributed by atoms with E-state index in [0.717, 1.165) is 31.7 Å². The van der Waals surface area contributed by atoms with Crippen LogP contribution in [0, 0.1) is 5.92 Å². The minimum Gasteiger partial charge on any atom is -0.488 e. The summed E-state index contributed by atoms with van der Waals surface area (Å²) < 4.78 is 11.0. The molecule has 7 heteroatoms. The van der Waals surface area contributed by atoms with E-state index in [0.29, 0.717) is 29.1 Å². The molecule has 0 unspecified atom stereocenters. The number of piperidine rings is 1. The molecule has 2 N–H and O–H groups in total. The smallest absolute Gasteiger partial charge is 0.417 e. The lowest BCUT2D eigenvalue weighted by Crippen LogP contribution is -2.38. The van der Waals surface area contributed by atoms with Crippen LogP contribution in [0.5, 0.6) is 5.75 Å². The Balaban J connectivity index is 1.29. The molecule has 31 heavy (non-hydrogen) atoms. The van der Waals surface area contributed by atoms with Crippen molar-refractivity contribution in [1.29, 1.82) is 0 Å². The molecule has 1 saturated heterocycles. The summed E-state index contributed by atoms with van der Waals surface area (Å²) in [4.78, 5) is 28.7. The zero-order valence-corrected chi connectivity index (χ0v) is 18.2. The van der Waals surface area contributed by atoms with Crippen LogP contribution >= 0.6 is 0 Å². The number of anilines is 1. The lowest BCUT2D eigenvalue weighted by atomic mass is 9.96. The number of amides is 1. The minimum atomic E-state index is -0.519. The van der Waals surface area contributed by atoms with Crippen LogP contribution in [0.1, 0.15) is 44.0 Å². The van der Waals surface area contributed by atoms with E-state index in [1.54, 1.807) is 18.2 Å². The first-order chi connectivity index (χ1) is 14.8. The first-order valence-electron chi connectivity index (χ1n) is 10.7. The third kappa shape index (κ3) is 5.29. The fourth-order valence-electron chi connectivity index (χ4n) is 3.92. The van der Waals surface area contributed by atoms with Gasteiger partial charge in [-0.2, -0.15) is 0 Å². The molecule has 0 bridgehead atoms. The van der Waals surface area contributed by atoms with Gasteiger partial charge in [0.1, 0.15) is 11.4 Å². The maximum atomic E-state index is 12.5. The van der Waals surface area contributed by atoms with Gasteiger partial charge in [-0.1, -0.05) is 6.07 Å². The number of ether oxygens (including phenoxy) is 1. The summed E-state index contributed by atoms with van der Waals surface area (Å²) in [6.45, 7) is 8.66. The fourth-order valence-corrected chi connectivity index (χ4v) is 3.92. The van der Waals surface area contributed by atoms with E-state index in [4.69, 9.17) is 9.15 Å². The molecular weight excluding hydrogens is 394 g/mol. The molecule has 1 fully saturated rings. The molecule has 1 amide bonds. The molecule has 7 nitrogen and oxygen atoms in total. The molecular formula is C24H29N3O4. The van der Waals surface area contributed by atoms with Crippen LogP contribution in [-0.2, 0) is 0 Å². The van der Waals surface area contributed by atoms with Crippen molar-refractivity contribution in [2.45, 2.75) is 39.2 Å². The van der Waals surface area contributed by atoms with Crippen molar-refractivity contribution in [3.8, 4) is 5.75 Å². The first kappa shape index (κ1) is 21.0. The van der Waals surface area contributed by atoms with E-state index in [2.05, 4.69) is 27.3 Å². The second kappa shape index (κ2) is 8.49. The highest BCUT2D eigenvalue weighted by atomic mass is 16.5. The van der Waals surface area contributed by atoms with E-state index >= 15 is 0 Å². The second-order valence-electron chi connectivity index (χ2n) is 9.08.